The molecule has 0 radical (unpaired) electrons. The molecule has 0 spiro atoms. The van der Waals surface area contributed by atoms with Crippen LogP contribution in [0.5, 0.6) is 0 Å². The predicted octanol–water partition coefficient (Wildman–Crippen LogP) is 2.85. The van der Waals surface area contributed by atoms with Crippen LogP contribution in [0.2, 0.25) is 0 Å². The molecule has 2 nitrogen and oxygen atoms in total. The van der Waals surface area contributed by atoms with Crippen molar-refractivity contribution in [3.63, 3.8) is 0 Å². The number of nitrogens with zero attached hydrogens (tertiary/aromatic N) is 1. The van der Waals surface area contributed by atoms with Gasteiger partial charge >= 0.3 is 0 Å². The first-order valence-corrected chi connectivity index (χ1v) is 4.48. The van der Waals surface area contributed by atoms with Crippen LogP contribution in [0.1, 0.15) is 19.4 Å². The highest BCUT2D eigenvalue weighted by Crippen LogP contribution is 2.00. The van der Waals surface area contributed by atoms with Crippen LogP contribution in [0.3, 0.4) is 0 Å². The van der Waals surface area contributed by atoms with E-state index in [-0.39, 0.29) is 0 Å². The van der Waals surface area contributed by atoms with Gasteiger partial charge in [0.15, 0.2) is 0 Å². The highest BCUT2D eigenvalue weighted by molar-refractivity contribution is 5.58. The predicted molar refractivity (Wildman–Crippen MR) is 54.6 cm³/mol. The largest absolute Gasteiger partial charge is 0.391 e. The average Bonchev–Trinajstić information content (AvgIpc) is 2.14. The SMILES string of the molecule is CC(C)C=NOCc1ccccc1. The molecule has 0 aromatic heterocycles. The lowest BCUT2D eigenvalue weighted by atomic mass is 10.2. The second-order valence-corrected chi connectivity index (χ2v) is 3.26. The van der Waals surface area contributed by atoms with Gasteiger partial charge in [-0.05, 0) is 11.5 Å². The highest BCUT2D eigenvalue weighted by atomic mass is 16.6. The molecule has 0 atom stereocenters. The summed E-state index contributed by atoms with van der Waals surface area (Å²) in [7, 11) is 0. The van der Waals surface area contributed by atoms with E-state index in [1.165, 1.54) is 0 Å². The van der Waals surface area contributed by atoms with Gasteiger partial charge in [0, 0.05) is 6.21 Å². The molecule has 0 aliphatic carbocycles. The van der Waals surface area contributed by atoms with Crippen LogP contribution < -0.4 is 0 Å². The van der Waals surface area contributed by atoms with Crippen LogP contribution in [0.15, 0.2) is 35.5 Å². The molecule has 0 N–H and O–H groups in total. The summed E-state index contributed by atoms with van der Waals surface area (Å²) in [5, 5.41) is 3.84. The van der Waals surface area contributed by atoms with Crippen molar-refractivity contribution in [2.75, 3.05) is 0 Å². The first-order chi connectivity index (χ1) is 6.29. The molecule has 0 saturated heterocycles. The Kier molecular flexibility index (Phi) is 4.03. The third-order valence-corrected chi connectivity index (χ3v) is 1.51. The van der Waals surface area contributed by atoms with Crippen molar-refractivity contribution in [2.24, 2.45) is 11.1 Å². The Morgan fingerprint density at radius 1 is 1.31 bits per heavy atom. The molecule has 1 rings (SSSR count). The first kappa shape index (κ1) is 9.78. The molecule has 0 saturated carbocycles. The minimum Gasteiger partial charge on any atom is -0.391 e. The summed E-state index contributed by atoms with van der Waals surface area (Å²) in [4.78, 5) is 5.10. The van der Waals surface area contributed by atoms with Crippen molar-refractivity contribution >= 4 is 6.21 Å². The van der Waals surface area contributed by atoms with Crippen LogP contribution in [0.25, 0.3) is 0 Å². The molecular formula is C11H15NO. The topological polar surface area (TPSA) is 21.6 Å². The Labute approximate surface area is 79.2 Å². The molecule has 1 aromatic carbocycles. The molecule has 0 amide bonds. The number of hydrogen-bond donors (Lipinski definition) is 0. The molecule has 0 fully saturated rings. The van der Waals surface area contributed by atoms with Crippen molar-refractivity contribution in [1.29, 1.82) is 0 Å². The lowest BCUT2D eigenvalue weighted by Crippen LogP contribution is -1.90. The van der Waals surface area contributed by atoms with Crippen LogP contribution in [-0.4, -0.2) is 6.21 Å². The van der Waals surface area contributed by atoms with E-state index in [4.69, 9.17) is 4.84 Å². The van der Waals surface area contributed by atoms with Crippen LogP contribution in [-0.2, 0) is 11.4 Å². The zero-order valence-electron chi connectivity index (χ0n) is 8.10. The molecule has 0 unspecified atom stereocenters. The lowest BCUT2D eigenvalue weighted by Gasteiger charge is -1.99. The lowest BCUT2D eigenvalue weighted by molar-refractivity contribution is 0.131. The molecule has 0 aliphatic heterocycles. The molecule has 0 bridgehead atoms. The van der Waals surface area contributed by atoms with E-state index in [9.17, 15) is 0 Å². The highest BCUT2D eigenvalue weighted by Gasteiger charge is 1.89. The van der Waals surface area contributed by atoms with Gasteiger partial charge in [0.2, 0.25) is 0 Å². The molecule has 0 heterocycles. The Bertz CT molecular complexity index is 254. The summed E-state index contributed by atoms with van der Waals surface area (Å²) >= 11 is 0. The minimum absolute atomic E-state index is 0.441. The third-order valence-electron chi connectivity index (χ3n) is 1.51. The van der Waals surface area contributed by atoms with Gasteiger partial charge in [-0.15, -0.1) is 0 Å². The Balaban J connectivity index is 2.28. The fraction of sp³-hybridized carbons (Fsp3) is 0.364. The van der Waals surface area contributed by atoms with E-state index in [0.717, 1.165) is 5.56 Å². The Hall–Kier alpha value is -1.31. The van der Waals surface area contributed by atoms with Crippen LogP contribution in [0.4, 0.5) is 0 Å². The first-order valence-electron chi connectivity index (χ1n) is 4.48. The van der Waals surface area contributed by atoms with Crippen LogP contribution >= 0.6 is 0 Å². The summed E-state index contributed by atoms with van der Waals surface area (Å²) in [5.74, 6) is 0.441. The van der Waals surface area contributed by atoms with Gasteiger partial charge in [0.1, 0.15) is 6.61 Å². The summed E-state index contributed by atoms with van der Waals surface area (Å²) in [5.41, 5.74) is 1.14. The van der Waals surface area contributed by atoms with Crippen molar-refractivity contribution in [1.82, 2.24) is 0 Å². The normalized spacial score (nSPS) is 11.0. The molecule has 70 valence electrons. The number of hydrogen-bond acceptors (Lipinski definition) is 2. The molecule has 2 heteroatoms. The monoisotopic (exact) mass is 177 g/mol. The Morgan fingerprint density at radius 3 is 2.62 bits per heavy atom. The van der Waals surface area contributed by atoms with E-state index in [1.54, 1.807) is 6.21 Å². The number of oxime groups is 1. The minimum atomic E-state index is 0.441. The molecule has 0 aliphatic rings. The van der Waals surface area contributed by atoms with Crippen molar-refractivity contribution in [2.45, 2.75) is 20.5 Å². The molecule has 13 heavy (non-hydrogen) atoms. The van der Waals surface area contributed by atoms with Crippen molar-refractivity contribution in [3.8, 4) is 0 Å². The maximum absolute atomic E-state index is 5.10. The van der Waals surface area contributed by atoms with E-state index in [0.29, 0.717) is 12.5 Å². The van der Waals surface area contributed by atoms with Gasteiger partial charge < -0.3 is 4.84 Å². The van der Waals surface area contributed by atoms with E-state index in [2.05, 4.69) is 19.0 Å². The Morgan fingerprint density at radius 2 is 2.00 bits per heavy atom. The van der Waals surface area contributed by atoms with Gasteiger partial charge in [-0.1, -0.05) is 49.3 Å². The molecule has 1 aromatic rings. The summed E-state index contributed by atoms with van der Waals surface area (Å²) in [6, 6.07) is 10.0. The van der Waals surface area contributed by atoms with E-state index >= 15 is 0 Å². The van der Waals surface area contributed by atoms with E-state index < -0.39 is 0 Å². The van der Waals surface area contributed by atoms with Gasteiger partial charge in [-0.2, -0.15) is 0 Å². The van der Waals surface area contributed by atoms with E-state index in [1.807, 2.05) is 30.3 Å². The summed E-state index contributed by atoms with van der Waals surface area (Å²) in [6.45, 7) is 4.68. The van der Waals surface area contributed by atoms with Gasteiger partial charge in [-0.25, -0.2) is 0 Å². The van der Waals surface area contributed by atoms with Gasteiger partial charge in [0.05, 0.1) is 0 Å². The standard InChI is InChI=1S/C11H15NO/c1-10(2)8-12-13-9-11-6-4-3-5-7-11/h3-8,10H,9H2,1-2H3. The summed E-state index contributed by atoms with van der Waals surface area (Å²) < 4.78 is 0. The van der Waals surface area contributed by atoms with Crippen molar-refractivity contribution in [3.05, 3.63) is 35.9 Å². The third kappa shape index (κ3) is 4.31. The fourth-order valence-corrected chi connectivity index (χ4v) is 0.851. The zero-order chi connectivity index (χ0) is 9.52. The average molecular weight is 177 g/mol. The van der Waals surface area contributed by atoms with Crippen molar-refractivity contribution < 1.29 is 4.84 Å². The van der Waals surface area contributed by atoms with Gasteiger partial charge in [-0.3, -0.25) is 0 Å². The number of rotatable bonds is 4. The maximum atomic E-state index is 5.10. The fourth-order valence-electron chi connectivity index (χ4n) is 0.851. The second-order valence-electron chi connectivity index (χ2n) is 3.26. The van der Waals surface area contributed by atoms with Crippen LogP contribution in [0, 0.1) is 5.92 Å². The smallest absolute Gasteiger partial charge is 0.142 e. The zero-order valence-corrected chi connectivity index (χ0v) is 8.10. The maximum Gasteiger partial charge on any atom is 0.142 e. The second kappa shape index (κ2) is 5.36. The molecular weight excluding hydrogens is 162 g/mol. The number of benzene rings is 1. The van der Waals surface area contributed by atoms with Gasteiger partial charge in [0.25, 0.3) is 0 Å². The summed E-state index contributed by atoms with van der Waals surface area (Å²) in [6.07, 6.45) is 1.79. The quantitative estimate of drug-likeness (QED) is 0.512.